The van der Waals surface area contributed by atoms with Gasteiger partial charge in [-0.05, 0) is 15.9 Å². The Morgan fingerprint density at radius 3 is 2.69 bits per heavy atom. The van der Waals surface area contributed by atoms with Crippen LogP contribution in [0.5, 0.6) is 0 Å². The average molecular weight is 301 g/mol. The smallest absolute Gasteiger partial charge is 0.383 e. The van der Waals surface area contributed by atoms with Crippen LogP contribution < -0.4 is 5.56 Å². The Hall–Kier alpha value is -0.890. The van der Waals surface area contributed by atoms with Gasteiger partial charge < -0.3 is 4.74 Å². The second-order valence-corrected chi connectivity index (χ2v) is 3.69. The van der Waals surface area contributed by atoms with E-state index in [1.165, 1.54) is 7.11 Å². The lowest BCUT2D eigenvalue weighted by molar-refractivity contribution is -0.142. The summed E-state index contributed by atoms with van der Waals surface area (Å²) in [5, 5.41) is 0. The highest BCUT2D eigenvalue weighted by Gasteiger charge is 2.36. The van der Waals surface area contributed by atoms with Gasteiger partial charge in [0.15, 0.2) is 5.69 Å². The van der Waals surface area contributed by atoms with Crippen LogP contribution in [0.2, 0.25) is 0 Å². The fraction of sp³-hybridized carbons (Fsp3) is 0.500. The molecule has 16 heavy (non-hydrogen) atoms. The number of aromatic nitrogens is 2. The van der Waals surface area contributed by atoms with E-state index in [1.54, 1.807) is 0 Å². The van der Waals surface area contributed by atoms with Gasteiger partial charge >= 0.3 is 6.18 Å². The van der Waals surface area contributed by atoms with Crippen molar-refractivity contribution < 1.29 is 17.9 Å². The van der Waals surface area contributed by atoms with Crippen LogP contribution in [-0.4, -0.2) is 23.3 Å². The summed E-state index contributed by atoms with van der Waals surface area (Å²) in [6, 6.07) is 0. The molecule has 8 heteroatoms. The second kappa shape index (κ2) is 4.96. The molecule has 0 fully saturated rings. The van der Waals surface area contributed by atoms with Crippen LogP contribution in [0, 0.1) is 0 Å². The van der Waals surface area contributed by atoms with Crippen molar-refractivity contribution in [3.05, 3.63) is 26.8 Å². The number of alkyl halides is 3. The van der Waals surface area contributed by atoms with Crippen molar-refractivity contribution in [3.8, 4) is 0 Å². The van der Waals surface area contributed by atoms with E-state index in [0.717, 1.165) is 10.9 Å². The standard InChI is InChI=1S/C8H8BrF3N2O2/c1-16-3-2-14-4-13-6(8(10,11)12)5(9)7(14)15/h4H,2-3H2,1H3. The van der Waals surface area contributed by atoms with E-state index in [0.29, 0.717) is 0 Å². The van der Waals surface area contributed by atoms with Crippen molar-refractivity contribution in [1.29, 1.82) is 0 Å². The first-order valence-electron chi connectivity index (χ1n) is 4.19. The van der Waals surface area contributed by atoms with Crippen LogP contribution in [-0.2, 0) is 17.5 Å². The van der Waals surface area contributed by atoms with Crippen LogP contribution in [0.1, 0.15) is 5.69 Å². The Bertz CT molecular complexity index is 430. The molecule has 0 saturated carbocycles. The first-order valence-corrected chi connectivity index (χ1v) is 4.98. The third-order valence-electron chi connectivity index (χ3n) is 1.79. The lowest BCUT2D eigenvalue weighted by Crippen LogP contribution is -2.27. The monoisotopic (exact) mass is 300 g/mol. The highest BCUT2D eigenvalue weighted by molar-refractivity contribution is 9.10. The van der Waals surface area contributed by atoms with E-state index in [9.17, 15) is 18.0 Å². The molecule has 1 heterocycles. The molecule has 90 valence electrons. The van der Waals surface area contributed by atoms with Crippen LogP contribution in [0.25, 0.3) is 0 Å². The maximum absolute atomic E-state index is 12.3. The Labute approximate surface area is 97.2 Å². The molecule has 0 radical (unpaired) electrons. The normalized spacial score (nSPS) is 11.8. The molecule has 0 aliphatic carbocycles. The molecule has 0 unspecified atom stereocenters. The summed E-state index contributed by atoms with van der Waals surface area (Å²) in [5.74, 6) is 0. The molecule has 0 N–H and O–H groups in total. The lowest BCUT2D eigenvalue weighted by Gasteiger charge is -2.10. The summed E-state index contributed by atoms with van der Waals surface area (Å²) in [6.45, 7) is 0.373. The number of hydrogen-bond donors (Lipinski definition) is 0. The zero-order valence-electron chi connectivity index (χ0n) is 8.21. The summed E-state index contributed by atoms with van der Waals surface area (Å²) in [7, 11) is 1.43. The van der Waals surface area contributed by atoms with Crippen molar-refractivity contribution in [1.82, 2.24) is 9.55 Å². The Balaban J connectivity index is 3.14. The number of methoxy groups -OCH3 is 1. The van der Waals surface area contributed by atoms with Crippen LogP contribution >= 0.6 is 15.9 Å². The van der Waals surface area contributed by atoms with Gasteiger partial charge in [0, 0.05) is 7.11 Å². The molecule has 4 nitrogen and oxygen atoms in total. The zero-order valence-corrected chi connectivity index (χ0v) is 9.80. The number of nitrogens with zero attached hydrogens (tertiary/aromatic N) is 2. The number of hydrogen-bond acceptors (Lipinski definition) is 3. The fourth-order valence-electron chi connectivity index (χ4n) is 1.01. The van der Waals surface area contributed by atoms with Gasteiger partial charge in [-0.1, -0.05) is 0 Å². The van der Waals surface area contributed by atoms with E-state index in [4.69, 9.17) is 4.74 Å². The van der Waals surface area contributed by atoms with Gasteiger partial charge in [-0.25, -0.2) is 4.98 Å². The average Bonchev–Trinajstić information content (AvgIpc) is 2.18. The highest BCUT2D eigenvalue weighted by Crippen LogP contribution is 2.30. The van der Waals surface area contributed by atoms with Crippen molar-refractivity contribution in [3.63, 3.8) is 0 Å². The summed E-state index contributed by atoms with van der Waals surface area (Å²) in [6.07, 6.45) is -3.78. The van der Waals surface area contributed by atoms with Gasteiger partial charge in [-0.15, -0.1) is 0 Å². The van der Waals surface area contributed by atoms with E-state index < -0.39 is 21.9 Å². The molecule has 0 amide bonds. The topological polar surface area (TPSA) is 44.1 Å². The lowest BCUT2D eigenvalue weighted by atomic mass is 10.4. The van der Waals surface area contributed by atoms with Crippen molar-refractivity contribution in [2.45, 2.75) is 12.7 Å². The Morgan fingerprint density at radius 2 is 2.19 bits per heavy atom. The van der Waals surface area contributed by atoms with Gasteiger partial charge in [-0.2, -0.15) is 13.2 Å². The van der Waals surface area contributed by atoms with Gasteiger partial charge in [0.05, 0.1) is 19.5 Å². The quantitative estimate of drug-likeness (QED) is 0.853. The highest BCUT2D eigenvalue weighted by atomic mass is 79.9. The van der Waals surface area contributed by atoms with Crippen LogP contribution in [0.3, 0.4) is 0 Å². The molecule has 1 rings (SSSR count). The molecule has 0 spiro atoms. The number of halogens is 4. The van der Waals surface area contributed by atoms with Gasteiger partial charge in [0.1, 0.15) is 4.47 Å². The number of ether oxygens (including phenoxy) is 1. The zero-order chi connectivity index (χ0) is 12.3. The molecule has 0 saturated heterocycles. The van der Waals surface area contributed by atoms with Crippen LogP contribution in [0.15, 0.2) is 15.6 Å². The Morgan fingerprint density at radius 1 is 1.56 bits per heavy atom. The van der Waals surface area contributed by atoms with E-state index in [2.05, 4.69) is 20.9 Å². The predicted octanol–water partition coefficient (Wildman–Crippen LogP) is 1.67. The predicted molar refractivity (Wildman–Crippen MR) is 53.1 cm³/mol. The Kier molecular flexibility index (Phi) is 4.09. The molecule has 0 aromatic carbocycles. The van der Waals surface area contributed by atoms with Gasteiger partial charge in [0.2, 0.25) is 0 Å². The molecule has 1 aromatic rings. The molecular weight excluding hydrogens is 293 g/mol. The van der Waals surface area contributed by atoms with E-state index in [1.807, 2.05) is 0 Å². The third kappa shape index (κ3) is 2.82. The minimum atomic E-state index is -4.64. The molecule has 0 aliphatic heterocycles. The molecule has 0 aliphatic rings. The molecule has 0 atom stereocenters. The van der Waals surface area contributed by atoms with Crippen LogP contribution in [0.4, 0.5) is 13.2 Å². The van der Waals surface area contributed by atoms with Crippen molar-refractivity contribution >= 4 is 15.9 Å². The molecule has 0 bridgehead atoms. The summed E-state index contributed by atoms with van der Waals surface area (Å²) in [4.78, 5) is 14.7. The maximum Gasteiger partial charge on any atom is 0.434 e. The van der Waals surface area contributed by atoms with Gasteiger partial charge in [-0.3, -0.25) is 9.36 Å². The first kappa shape index (κ1) is 13.2. The van der Waals surface area contributed by atoms with Gasteiger partial charge in [0.25, 0.3) is 5.56 Å². The molecule has 1 aromatic heterocycles. The maximum atomic E-state index is 12.3. The summed E-state index contributed by atoms with van der Waals surface area (Å²) >= 11 is 2.60. The van der Waals surface area contributed by atoms with Crippen molar-refractivity contribution in [2.75, 3.05) is 13.7 Å². The van der Waals surface area contributed by atoms with E-state index >= 15 is 0 Å². The van der Waals surface area contributed by atoms with E-state index in [-0.39, 0.29) is 13.2 Å². The SMILES string of the molecule is COCCn1cnc(C(F)(F)F)c(Br)c1=O. The largest absolute Gasteiger partial charge is 0.434 e. The fourth-order valence-corrected chi connectivity index (χ4v) is 1.57. The molecular formula is C8H8BrF3N2O2. The minimum absolute atomic E-state index is 0.152. The number of rotatable bonds is 3. The minimum Gasteiger partial charge on any atom is -0.383 e. The second-order valence-electron chi connectivity index (χ2n) is 2.90. The summed E-state index contributed by atoms with van der Waals surface area (Å²) < 4.78 is 42.2. The summed E-state index contributed by atoms with van der Waals surface area (Å²) in [5.41, 5.74) is -1.99. The van der Waals surface area contributed by atoms with Crippen molar-refractivity contribution in [2.24, 2.45) is 0 Å². The third-order valence-corrected chi connectivity index (χ3v) is 2.50. The first-order chi connectivity index (χ1) is 7.38.